The van der Waals surface area contributed by atoms with Gasteiger partial charge in [-0.1, -0.05) is 32.4 Å². The summed E-state index contributed by atoms with van der Waals surface area (Å²) < 4.78 is 0.876. The highest BCUT2D eigenvalue weighted by Crippen LogP contribution is 2.23. The molecule has 4 heteroatoms. The van der Waals surface area contributed by atoms with Gasteiger partial charge < -0.3 is 5.32 Å². The van der Waals surface area contributed by atoms with E-state index in [0.717, 1.165) is 24.0 Å². The molecule has 1 atom stereocenters. The van der Waals surface area contributed by atoms with Gasteiger partial charge in [0.15, 0.2) is 0 Å². The van der Waals surface area contributed by atoms with Crippen molar-refractivity contribution >= 4 is 22.9 Å². The smallest absolute Gasteiger partial charge is 0.0931 e. The number of rotatable bonds is 7. The molecule has 0 aliphatic carbocycles. The van der Waals surface area contributed by atoms with Crippen LogP contribution in [0.4, 0.5) is 0 Å². The maximum atomic E-state index is 5.96. The van der Waals surface area contributed by atoms with Crippen LogP contribution in [0.3, 0.4) is 0 Å². The normalized spacial score (nSPS) is 13.6. The monoisotopic (exact) mass is 274 g/mol. The first-order chi connectivity index (χ1) is 8.04. The standard InChI is InChI=1S/C13H23ClN2S/c1-5-15-8-12(10(2)3)16(4)9-11-6-7-13(14)17-11/h6-7,10,12,15H,5,8-9H2,1-4H3. The van der Waals surface area contributed by atoms with Gasteiger partial charge in [0.2, 0.25) is 0 Å². The largest absolute Gasteiger partial charge is 0.315 e. The fraction of sp³-hybridized carbons (Fsp3) is 0.692. The van der Waals surface area contributed by atoms with Crippen molar-refractivity contribution in [3.8, 4) is 0 Å². The molecule has 98 valence electrons. The molecule has 1 heterocycles. The van der Waals surface area contributed by atoms with E-state index in [1.807, 2.05) is 6.07 Å². The van der Waals surface area contributed by atoms with Gasteiger partial charge in [-0.2, -0.15) is 0 Å². The van der Waals surface area contributed by atoms with E-state index in [2.05, 4.69) is 44.1 Å². The average Bonchev–Trinajstić information content (AvgIpc) is 2.64. The second-order valence-corrected chi connectivity index (χ2v) is 6.54. The number of hydrogen-bond acceptors (Lipinski definition) is 3. The third-order valence-electron chi connectivity index (χ3n) is 2.97. The van der Waals surface area contributed by atoms with Gasteiger partial charge in [-0.25, -0.2) is 0 Å². The van der Waals surface area contributed by atoms with Crippen molar-refractivity contribution in [2.45, 2.75) is 33.4 Å². The maximum Gasteiger partial charge on any atom is 0.0931 e. The lowest BCUT2D eigenvalue weighted by molar-refractivity contribution is 0.182. The fourth-order valence-corrected chi connectivity index (χ4v) is 3.14. The fourth-order valence-electron chi connectivity index (χ4n) is 1.99. The first-order valence-electron chi connectivity index (χ1n) is 6.19. The van der Waals surface area contributed by atoms with Crippen LogP contribution in [0.15, 0.2) is 12.1 Å². The second-order valence-electron chi connectivity index (χ2n) is 4.74. The summed E-state index contributed by atoms with van der Waals surface area (Å²) in [4.78, 5) is 3.75. The first kappa shape index (κ1) is 15.0. The van der Waals surface area contributed by atoms with Crippen LogP contribution >= 0.6 is 22.9 Å². The Bertz CT molecular complexity index is 325. The van der Waals surface area contributed by atoms with E-state index >= 15 is 0 Å². The van der Waals surface area contributed by atoms with E-state index in [0.29, 0.717) is 12.0 Å². The molecule has 1 N–H and O–H groups in total. The van der Waals surface area contributed by atoms with E-state index in [-0.39, 0.29) is 0 Å². The average molecular weight is 275 g/mol. The Morgan fingerprint density at radius 1 is 1.41 bits per heavy atom. The van der Waals surface area contributed by atoms with Gasteiger partial charge in [-0.3, -0.25) is 4.90 Å². The zero-order valence-electron chi connectivity index (χ0n) is 11.2. The molecule has 0 aliphatic rings. The minimum absolute atomic E-state index is 0.566. The van der Waals surface area contributed by atoms with Crippen molar-refractivity contribution in [3.63, 3.8) is 0 Å². The topological polar surface area (TPSA) is 15.3 Å². The quantitative estimate of drug-likeness (QED) is 0.819. The molecule has 0 spiro atoms. The third-order valence-corrected chi connectivity index (χ3v) is 4.19. The number of halogens is 1. The molecule has 1 unspecified atom stereocenters. The number of nitrogens with one attached hydrogen (secondary N) is 1. The Balaban J connectivity index is 2.55. The molecule has 17 heavy (non-hydrogen) atoms. The Morgan fingerprint density at radius 3 is 2.59 bits per heavy atom. The number of nitrogens with zero attached hydrogens (tertiary/aromatic N) is 1. The van der Waals surface area contributed by atoms with Crippen molar-refractivity contribution < 1.29 is 0 Å². The van der Waals surface area contributed by atoms with Gasteiger partial charge in [-0.05, 0) is 31.6 Å². The van der Waals surface area contributed by atoms with Gasteiger partial charge in [0, 0.05) is 24.0 Å². The van der Waals surface area contributed by atoms with Crippen LogP contribution in [-0.4, -0.2) is 31.1 Å². The SMILES string of the molecule is CCNCC(C(C)C)N(C)Cc1ccc(Cl)s1. The summed E-state index contributed by atoms with van der Waals surface area (Å²) in [5.41, 5.74) is 0. The predicted molar refractivity (Wildman–Crippen MR) is 78.0 cm³/mol. The highest BCUT2D eigenvalue weighted by atomic mass is 35.5. The van der Waals surface area contributed by atoms with E-state index in [1.165, 1.54) is 4.88 Å². The molecule has 0 saturated heterocycles. The Hall–Kier alpha value is -0.0900. The molecule has 0 saturated carbocycles. The maximum absolute atomic E-state index is 5.96. The van der Waals surface area contributed by atoms with Gasteiger partial charge >= 0.3 is 0 Å². The lowest BCUT2D eigenvalue weighted by Gasteiger charge is -2.31. The van der Waals surface area contributed by atoms with Gasteiger partial charge in [-0.15, -0.1) is 11.3 Å². The molecular formula is C13H23ClN2S. The van der Waals surface area contributed by atoms with Crippen molar-refractivity contribution in [1.29, 1.82) is 0 Å². The summed E-state index contributed by atoms with van der Waals surface area (Å²) in [6.07, 6.45) is 0. The summed E-state index contributed by atoms with van der Waals surface area (Å²) in [5.74, 6) is 0.648. The van der Waals surface area contributed by atoms with Crippen LogP contribution in [0.2, 0.25) is 4.34 Å². The molecule has 2 nitrogen and oxygen atoms in total. The molecule has 0 radical (unpaired) electrons. The molecule has 0 amide bonds. The van der Waals surface area contributed by atoms with E-state index in [9.17, 15) is 0 Å². The van der Waals surface area contributed by atoms with Crippen LogP contribution in [0.5, 0.6) is 0 Å². The molecule has 0 aromatic carbocycles. The Kier molecular flexibility index (Phi) is 6.49. The molecule has 0 aliphatic heterocycles. The highest BCUT2D eigenvalue weighted by molar-refractivity contribution is 7.16. The lowest BCUT2D eigenvalue weighted by atomic mass is 10.0. The van der Waals surface area contributed by atoms with E-state index in [4.69, 9.17) is 11.6 Å². The molecule has 0 bridgehead atoms. The highest BCUT2D eigenvalue weighted by Gasteiger charge is 2.18. The Morgan fingerprint density at radius 2 is 2.12 bits per heavy atom. The molecule has 1 aromatic heterocycles. The van der Waals surface area contributed by atoms with Crippen LogP contribution in [0.25, 0.3) is 0 Å². The zero-order chi connectivity index (χ0) is 12.8. The van der Waals surface area contributed by atoms with Crippen molar-refractivity contribution in [2.24, 2.45) is 5.92 Å². The van der Waals surface area contributed by atoms with Crippen molar-refractivity contribution in [2.75, 3.05) is 20.1 Å². The van der Waals surface area contributed by atoms with Crippen LogP contribution in [0, 0.1) is 5.92 Å². The summed E-state index contributed by atoms with van der Waals surface area (Å²) in [7, 11) is 2.19. The van der Waals surface area contributed by atoms with Crippen molar-refractivity contribution in [3.05, 3.63) is 21.3 Å². The van der Waals surface area contributed by atoms with Crippen LogP contribution in [-0.2, 0) is 6.54 Å². The minimum Gasteiger partial charge on any atom is -0.315 e. The summed E-state index contributed by atoms with van der Waals surface area (Å²) in [6, 6.07) is 4.66. The second kappa shape index (κ2) is 7.37. The zero-order valence-corrected chi connectivity index (χ0v) is 12.7. The number of hydrogen-bond donors (Lipinski definition) is 1. The number of likely N-dealkylation sites (N-methyl/N-ethyl adjacent to an activating group) is 2. The molecule has 1 aromatic rings. The van der Waals surface area contributed by atoms with Crippen LogP contribution in [0.1, 0.15) is 25.6 Å². The number of thiophene rings is 1. The summed E-state index contributed by atoms with van der Waals surface area (Å²) in [5, 5.41) is 3.44. The predicted octanol–water partition coefficient (Wildman–Crippen LogP) is 3.47. The third kappa shape index (κ3) is 4.96. The minimum atomic E-state index is 0.566. The lowest BCUT2D eigenvalue weighted by Crippen LogP contribution is -2.43. The summed E-state index contributed by atoms with van der Waals surface area (Å²) in [6.45, 7) is 9.76. The van der Waals surface area contributed by atoms with Gasteiger partial charge in [0.05, 0.1) is 4.34 Å². The molecule has 1 rings (SSSR count). The van der Waals surface area contributed by atoms with E-state index < -0.39 is 0 Å². The van der Waals surface area contributed by atoms with Gasteiger partial charge in [0.1, 0.15) is 0 Å². The van der Waals surface area contributed by atoms with E-state index in [1.54, 1.807) is 11.3 Å². The van der Waals surface area contributed by atoms with Gasteiger partial charge in [0.25, 0.3) is 0 Å². The van der Waals surface area contributed by atoms with Crippen LogP contribution < -0.4 is 5.32 Å². The van der Waals surface area contributed by atoms with Crippen molar-refractivity contribution in [1.82, 2.24) is 10.2 Å². The Labute approximate surface area is 114 Å². The molecule has 0 fully saturated rings. The first-order valence-corrected chi connectivity index (χ1v) is 7.39. The summed E-state index contributed by atoms with van der Waals surface area (Å²) >= 11 is 7.63. The molecular weight excluding hydrogens is 252 g/mol.